The number of morpholine rings is 1. The standard InChI is InChI=1S/C23H25F3N6O5/c1-2-36-22(35)28-18-4-3-13(9-27-18)16(33)11-32-17(23(24,25)26)5-6-30-20(34)8-19(29-21(30)32)31-10-15-7-14(31)12-37-15/h3-4,8-9,14-15,17H,2,5-7,10-12H2,1H3,(H,27,28,35)/t14?,15?,17-/m0/s1. The lowest BCUT2D eigenvalue weighted by molar-refractivity contribution is -0.152. The Balaban J connectivity index is 1.43. The fourth-order valence-electron chi connectivity index (χ4n) is 4.96. The van der Waals surface area contributed by atoms with Gasteiger partial charge >= 0.3 is 12.3 Å². The third-order valence-electron chi connectivity index (χ3n) is 6.71. The fourth-order valence-corrected chi connectivity index (χ4v) is 4.96. The van der Waals surface area contributed by atoms with E-state index in [1.54, 1.807) is 6.92 Å². The van der Waals surface area contributed by atoms with Gasteiger partial charge in [0.2, 0.25) is 5.95 Å². The first kappa shape index (κ1) is 25.0. The average molecular weight is 522 g/mol. The van der Waals surface area contributed by atoms with Crippen LogP contribution in [0.1, 0.15) is 30.1 Å². The molecule has 11 nitrogen and oxygen atoms in total. The molecule has 0 aliphatic carbocycles. The van der Waals surface area contributed by atoms with Crippen molar-refractivity contribution in [3.05, 3.63) is 40.3 Å². The molecule has 2 bridgehead atoms. The molecule has 5 rings (SSSR count). The molecule has 1 amide bonds. The van der Waals surface area contributed by atoms with E-state index >= 15 is 0 Å². The van der Waals surface area contributed by atoms with Crippen LogP contribution in [0.3, 0.4) is 0 Å². The van der Waals surface area contributed by atoms with Gasteiger partial charge in [0.15, 0.2) is 5.78 Å². The summed E-state index contributed by atoms with van der Waals surface area (Å²) in [6.45, 7) is 1.93. The van der Waals surface area contributed by atoms with Crippen molar-refractivity contribution in [3.8, 4) is 0 Å². The predicted molar refractivity (Wildman–Crippen MR) is 125 cm³/mol. The molecule has 2 aromatic rings. The summed E-state index contributed by atoms with van der Waals surface area (Å²) in [4.78, 5) is 48.7. The van der Waals surface area contributed by atoms with E-state index in [1.165, 1.54) is 22.8 Å². The number of ketones is 1. The second-order valence-electron chi connectivity index (χ2n) is 9.08. The van der Waals surface area contributed by atoms with Crippen molar-refractivity contribution in [3.63, 3.8) is 0 Å². The van der Waals surface area contributed by atoms with Crippen molar-refractivity contribution < 1.29 is 32.2 Å². The second kappa shape index (κ2) is 9.65. The maximum Gasteiger partial charge on any atom is 0.412 e. The minimum absolute atomic E-state index is 0.0000165. The topological polar surface area (TPSA) is 119 Å². The Morgan fingerprint density at radius 2 is 2.11 bits per heavy atom. The van der Waals surface area contributed by atoms with Crippen LogP contribution in [0.5, 0.6) is 0 Å². The molecular weight excluding hydrogens is 497 g/mol. The highest BCUT2D eigenvalue weighted by Crippen LogP contribution is 2.36. The number of hydrogen-bond acceptors (Lipinski definition) is 9. The van der Waals surface area contributed by atoms with Crippen LogP contribution in [0.4, 0.5) is 35.5 Å². The molecule has 198 valence electrons. The van der Waals surface area contributed by atoms with Gasteiger partial charge in [-0.3, -0.25) is 19.5 Å². The van der Waals surface area contributed by atoms with E-state index in [0.717, 1.165) is 17.5 Å². The molecule has 0 aromatic carbocycles. The van der Waals surface area contributed by atoms with Crippen molar-refractivity contribution in [2.45, 2.75) is 50.7 Å². The zero-order chi connectivity index (χ0) is 26.3. The lowest BCUT2D eigenvalue weighted by atomic mass is 10.1. The number of nitrogens with zero attached hydrogens (tertiary/aromatic N) is 5. The SMILES string of the molecule is CCOC(=O)Nc1ccc(C(=O)CN2c3nc(N4CC5CC4CO5)cc(=O)n3CC[C@H]2C(F)(F)F)cn1. The van der Waals surface area contributed by atoms with Crippen LogP contribution >= 0.6 is 0 Å². The number of alkyl halides is 3. The summed E-state index contributed by atoms with van der Waals surface area (Å²) in [5, 5.41) is 2.38. The number of anilines is 3. The van der Waals surface area contributed by atoms with Crippen LogP contribution in [-0.2, 0) is 16.0 Å². The number of carbonyl (C=O) groups is 2. The van der Waals surface area contributed by atoms with Crippen LogP contribution in [0, 0.1) is 0 Å². The summed E-state index contributed by atoms with van der Waals surface area (Å²) in [6, 6.07) is 2.04. The monoisotopic (exact) mass is 522 g/mol. The van der Waals surface area contributed by atoms with Gasteiger partial charge in [-0.15, -0.1) is 0 Å². The van der Waals surface area contributed by atoms with Crippen LogP contribution in [0.2, 0.25) is 0 Å². The van der Waals surface area contributed by atoms with E-state index in [-0.39, 0.29) is 48.4 Å². The highest BCUT2D eigenvalue weighted by molar-refractivity contribution is 5.99. The van der Waals surface area contributed by atoms with Gasteiger partial charge in [-0.25, -0.2) is 9.78 Å². The number of amides is 1. The summed E-state index contributed by atoms with van der Waals surface area (Å²) in [7, 11) is 0. The van der Waals surface area contributed by atoms with E-state index in [0.29, 0.717) is 13.2 Å². The molecule has 0 spiro atoms. The molecule has 0 radical (unpaired) electrons. The van der Waals surface area contributed by atoms with Crippen LogP contribution in [-0.4, -0.2) is 77.1 Å². The first-order valence-corrected chi connectivity index (χ1v) is 11.9. The quantitative estimate of drug-likeness (QED) is 0.570. The number of rotatable bonds is 6. The molecule has 1 N–H and O–H groups in total. The third-order valence-corrected chi connectivity index (χ3v) is 6.71. The van der Waals surface area contributed by atoms with Crippen molar-refractivity contribution in [2.24, 2.45) is 0 Å². The number of pyridine rings is 1. The number of carbonyl (C=O) groups excluding carboxylic acids is 2. The van der Waals surface area contributed by atoms with Gasteiger partial charge in [-0.2, -0.15) is 18.2 Å². The van der Waals surface area contributed by atoms with E-state index < -0.39 is 42.6 Å². The minimum Gasteiger partial charge on any atom is -0.450 e. The Morgan fingerprint density at radius 1 is 1.30 bits per heavy atom. The maximum atomic E-state index is 14.0. The van der Waals surface area contributed by atoms with E-state index in [1.807, 2.05) is 4.90 Å². The van der Waals surface area contributed by atoms with Gasteiger partial charge in [0.05, 0.1) is 31.9 Å². The molecule has 14 heteroatoms. The molecule has 37 heavy (non-hydrogen) atoms. The van der Waals surface area contributed by atoms with Gasteiger partial charge in [0, 0.05) is 30.9 Å². The predicted octanol–water partition coefficient (Wildman–Crippen LogP) is 2.21. The fraction of sp³-hybridized carbons (Fsp3) is 0.522. The van der Waals surface area contributed by atoms with Crippen molar-refractivity contribution in [2.75, 3.05) is 41.4 Å². The van der Waals surface area contributed by atoms with Gasteiger partial charge in [-0.05, 0) is 31.9 Å². The van der Waals surface area contributed by atoms with Crippen molar-refractivity contribution in [1.29, 1.82) is 0 Å². The van der Waals surface area contributed by atoms with Crippen LogP contribution in [0.25, 0.3) is 0 Å². The largest absolute Gasteiger partial charge is 0.450 e. The molecule has 3 aliphatic rings. The average Bonchev–Trinajstić information content (AvgIpc) is 3.48. The van der Waals surface area contributed by atoms with E-state index in [2.05, 4.69) is 15.3 Å². The minimum atomic E-state index is -4.65. The third kappa shape index (κ3) is 4.97. The molecule has 5 heterocycles. The van der Waals surface area contributed by atoms with Crippen molar-refractivity contribution >= 4 is 29.5 Å². The maximum absolute atomic E-state index is 14.0. The Morgan fingerprint density at radius 3 is 2.73 bits per heavy atom. The number of hydrogen-bond donors (Lipinski definition) is 1. The number of Topliss-reactive ketones (excluding diaryl/α,β-unsaturated/α-hetero) is 1. The number of nitrogens with one attached hydrogen (secondary N) is 1. The summed E-state index contributed by atoms with van der Waals surface area (Å²) >= 11 is 0. The lowest BCUT2D eigenvalue weighted by Crippen LogP contribution is -2.54. The van der Waals surface area contributed by atoms with Crippen LogP contribution in [0.15, 0.2) is 29.2 Å². The van der Waals surface area contributed by atoms with Gasteiger partial charge in [-0.1, -0.05) is 0 Å². The zero-order valence-electron chi connectivity index (χ0n) is 19.9. The van der Waals surface area contributed by atoms with Gasteiger partial charge in [0.1, 0.15) is 17.7 Å². The van der Waals surface area contributed by atoms with Crippen LogP contribution < -0.4 is 20.7 Å². The summed E-state index contributed by atoms with van der Waals surface area (Å²) in [5.41, 5.74) is -0.433. The van der Waals surface area contributed by atoms with Crippen molar-refractivity contribution in [1.82, 2.24) is 14.5 Å². The molecule has 3 atom stereocenters. The first-order valence-electron chi connectivity index (χ1n) is 11.9. The normalized spacial score (nSPS) is 22.6. The molecule has 2 aromatic heterocycles. The van der Waals surface area contributed by atoms with Gasteiger partial charge < -0.3 is 19.3 Å². The number of fused-ring (bicyclic) bond motifs is 3. The summed E-state index contributed by atoms with van der Waals surface area (Å²) in [6.07, 6.45) is -3.84. The Hall–Kier alpha value is -3.68. The number of halogens is 3. The Labute approximate surface area is 209 Å². The number of ether oxygens (including phenoxy) is 2. The molecular formula is C23H25F3N6O5. The highest BCUT2D eigenvalue weighted by Gasteiger charge is 2.48. The Bertz CT molecular complexity index is 1250. The molecule has 3 aliphatic heterocycles. The smallest absolute Gasteiger partial charge is 0.412 e. The number of aromatic nitrogens is 3. The van der Waals surface area contributed by atoms with Gasteiger partial charge in [0.25, 0.3) is 5.56 Å². The van der Waals surface area contributed by atoms with E-state index in [4.69, 9.17) is 9.47 Å². The highest BCUT2D eigenvalue weighted by atomic mass is 19.4. The first-order chi connectivity index (χ1) is 17.6. The van der Waals surface area contributed by atoms with E-state index in [9.17, 15) is 27.6 Å². The summed E-state index contributed by atoms with van der Waals surface area (Å²) < 4.78 is 53.6. The summed E-state index contributed by atoms with van der Waals surface area (Å²) in [5.74, 6) is -0.440. The molecule has 2 saturated heterocycles. The Kier molecular flexibility index (Phi) is 6.52. The zero-order valence-corrected chi connectivity index (χ0v) is 19.9. The lowest BCUT2D eigenvalue weighted by Gasteiger charge is -2.39. The molecule has 2 fully saturated rings. The second-order valence-corrected chi connectivity index (χ2v) is 9.08. The molecule has 0 saturated carbocycles. The molecule has 2 unspecified atom stereocenters.